The molecule has 0 aromatic carbocycles. The van der Waals surface area contributed by atoms with Gasteiger partial charge in [-0.05, 0) is 62.9 Å². The maximum absolute atomic E-state index is 12.3. The summed E-state index contributed by atoms with van der Waals surface area (Å²) in [5.74, 6) is 0.729. The van der Waals surface area contributed by atoms with Crippen LogP contribution in [-0.4, -0.2) is 28.2 Å². The van der Waals surface area contributed by atoms with Crippen molar-refractivity contribution >= 4 is 45.6 Å². The van der Waals surface area contributed by atoms with Crippen LogP contribution in [0.1, 0.15) is 45.5 Å². The van der Waals surface area contributed by atoms with Gasteiger partial charge in [-0.1, -0.05) is 6.92 Å². The summed E-state index contributed by atoms with van der Waals surface area (Å²) < 4.78 is 5.00. The summed E-state index contributed by atoms with van der Waals surface area (Å²) in [5.41, 5.74) is 3.41. The fourth-order valence-corrected chi connectivity index (χ4v) is 4.84. The maximum atomic E-state index is 12.3. The van der Waals surface area contributed by atoms with E-state index >= 15 is 0 Å². The molecule has 0 amide bonds. The number of hydrogen-bond acceptors (Lipinski definition) is 6. The Balaban J connectivity index is 1.84. The van der Waals surface area contributed by atoms with E-state index in [1.54, 1.807) is 11.3 Å². The molecule has 0 spiro atoms. The van der Waals surface area contributed by atoms with Gasteiger partial charge >= 0.3 is 5.97 Å². The van der Waals surface area contributed by atoms with Crippen molar-refractivity contribution in [1.82, 2.24) is 9.97 Å². The minimum absolute atomic E-state index is 0.329. The zero-order valence-electron chi connectivity index (χ0n) is 15.3. The first-order chi connectivity index (χ1) is 12.4. The van der Waals surface area contributed by atoms with Crippen LogP contribution in [0.25, 0.3) is 0 Å². The number of carbonyl (C=O) groups is 1. The van der Waals surface area contributed by atoms with Crippen molar-refractivity contribution in [2.75, 3.05) is 17.7 Å². The van der Waals surface area contributed by atoms with Gasteiger partial charge in [-0.25, -0.2) is 14.8 Å². The molecule has 1 aliphatic rings. The Morgan fingerprint density at radius 1 is 1.31 bits per heavy atom. The SMILES string of the molecule is COC(=O)c1c(NC(=S)Nc2nc(C)cc(C)n2)sc2c1CC[C@@H](C)C2. The number of fused-ring (bicyclic) bond motifs is 1. The van der Waals surface area contributed by atoms with E-state index in [1.165, 1.54) is 12.0 Å². The molecule has 0 fully saturated rings. The van der Waals surface area contributed by atoms with E-state index < -0.39 is 0 Å². The van der Waals surface area contributed by atoms with Gasteiger partial charge in [-0.3, -0.25) is 0 Å². The van der Waals surface area contributed by atoms with E-state index in [2.05, 4.69) is 27.5 Å². The Hall–Kier alpha value is -2.06. The number of aromatic nitrogens is 2. The Bertz CT molecular complexity index is 843. The summed E-state index contributed by atoms with van der Waals surface area (Å²) in [5, 5.41) is 7.21. The molecule has 0 radical (unpaired) electrons. The molecule has 1 aliphatic carbocycles. The number of aryl methyl sites for hydroxylation is 2. The number of esters is 1. The maximum Gasteiger partial charge on any atom is 0.341 e. The van der Waals surface area contributed by atoms with Crippen LogP contribution in [0.3, 0.4) is 0 Å². The summed E-state index contributed by atoms with van der Waals surface area (Å²) in [6.45, 7) is 6.04. The second kappa shape index (κ2) is 7.67. The van der Waals surface area contributed by atoms with Crippen LogP contribution < -0.4 is 10.6 Å². The molecule has 8 heteroatoms. The first-order valence-corrected chi connectivity index (χ1v) is 9.73. The zero-order valence-corrected chi connectivity index (χ0v) is 16.9. The summed E-state index contributed by atoms with van der Waals surface area (Å²) in [6.07, 6.45) is 2.94. The van der Waals surface area contributed by atoms with Gasteiger partial charge in [0.25, 0.3) is 0 Å². The minimum atomic E-state index is -0.329. The highest BCUT2D eigenvalue weighted by Gasteiger charge is 2.28. The topological polar surface area (TPSA) is 76.1 Å². The molecule has 2 aromatic rings. The molecular weight excluding hydrogens is 368 g/mol. The average molecular weight is 391 g/mol. The molecule has 0 saturated heterocycles. The number of ether oxygens (including phenoxy) is 1. The van der Waals surface area contributed by atoms with Crippen molar-refractivity contribution in [3.8, 4) is 0 Å². The predicted octanol–water partition coefficient (Wildman–Crippen LogP) is 3.88. The van der Waals surface area contributed by atoms with Crippen LogP contribution in [0.15, 0.2) is 6.07 Å². The Labute approximate surface area is 162 Å². The largest absolute Gasteiger partial charge is 0.465 e. The molecule has 26 heavy (non-hydrogen) atoms. The number of nitrogens with zero attached hydrogens (tertiary/aromatic N) is 2. The number of methoxy groups -OCH3 is 1. The van der Waals surface area contributed by atoms with Crippen molar-refractivity contribution in [2.45, 2.75) is 40.0 Å². The molecule has 138 valence electrons. The van der Waals surface area contributed by atoms with E-state index in [-0.39, 0.29) is 5.97 Å². The van der Waals surface area contributed by atoms with Crippen molar-refractivity contribution in [1.29, 1.82) is 0 Å². The average Bonchev–Trinajstić information content (AvgIpc) is 2.89. The first-order valence-electron chi connectivity index (χ1n) is 8.50. The van der Waals surface area contributed by atoms with Gasteiger partial charge in [0.15, 0.2) is 5.11 Å². The van der Waals surface area contributed by atoms with Crippen LogP contribution in [0.2, 0.25) is 0 Å². The van der Waals surface area contributed by atoms with Crippen LogP contribution >= 0.6 is 23.6 Å². The smallest absolute Gasteiger partial charge is 0.341 e. The number of nitrogens with one attached hydrogen (secondary N) is 2. The molecule has 6 nitrogen and oxygen atoms in total. The summed E-state index contributed by atoms with van der Waals surface area (Å²) >= 11 is 6.98. The number of thiocarbonyl (C=S) groups is 1. The Morgan fingerprint density at radius 3 is 2.65 bits per heavy atom. The lowest BCUT2D eigenvalue weighted by Gasteiger charge is -2.18. The molecule has 0 bridgehead atoms. The molecule has 0 unspecified atom stereocenters. The summed E-state index contributed by atoms with van der Waals surface area (Å²) in [7, 11) is 1.40. The molecule has 0 saturated carbocycles. The first kappa shape index (κ1) is 18.7. The van der Waals surface area contributed by atoms with E-state index in [0.29, 0.717) is 22.5 Å². The predicted molar refractivity (Wildman–Crippen MR) is 108 cm³/mol. The molecule has 3 rings (SSSR count). The van der Waals surface area contributed by atoms with Gasteiger partial charge < -0.3 is 15.4 Å². The number of carbonyl (C=O) groups excluding carboxylic acids is 1. The normalized spacial score (nSPS) is 15.9. The molecule has 2 aromatic heterocycles. The van der Waals surface area contributed by atoms with E-state index in [9.17, 15) is 4.79 Å². The van der Waals surface area contributed by atoms with E-state index in [0.717, 1.165) is 41.2 Å². The Kier molecular flexibility index (Phi) is 5.52. The van der Waals surface area contributed by atoms with Gasteiger partial charge in [0.1, 0.15) is 5.00 Å². The fourth-order valence-electron chi connectivity index (χ4n) is 3.17. The quantitative estimate of drug-likeness (QED) is 0.608. The number of anilines is 2. The highest BCUT2D eigenvalue weighted by Crippen LogP contribution is 2.40. The third-order valence-corrected chi connectivity index (χ3v) is 5.71. The van der Waals surface area contributed by atoms with Gasteiger partial charge in [0.05, 0.1) is 12.7 Å². The van der Waals surface area contributed by atoms with Gasteiger partial charge in [0.2, 0.25) is 5.95 Å². The van der Waals surface area contributed by atoms with E-state index in [4.69, 9.17) is 17.0 Å². The summed E-state index contributed by atoms with van der Waals surface area (Å²) in [4.78, 5) is 22.2. The lowest BCUT2D eigenvalue weighted by Crippen LogP contribution is -2.22. The van der Waals surface area contributed by atoms with Crippen LogP contribution in [0, 0.1) is 19.8 Å². The molecule has 2 N–H and O–H groups in total. The molecule has 2 heterocycles. The van der Waals surface area contributed by atoms with Gasteiger partial charge in [-0.2, -0.15) is 0 Å². The minimum Gasteiger partial charge on any atom is -0.465 e. The second-order valence-electron chi connectivity index (χ2n) is 6.60. The Morgan fingerprint density at radius 2 is 2.00 bits per heavy atom. The molecule has 0 aliphatic heterocycles. The fraction of sp³-hybridized carbons (Fsp3) is 0.444. The van der Waals surface area contributed by atoms with E-state index in [1.807, 2.05) is 19.9 Å². The van der Waals surface area contributed by atoms with Gasteiger partial charge in [0, 0.05) is 16.3 Å². The third-order valence-electron chi connectivity index (χ3n) is 4.34. The van der Waals surface area contributed by atoms with Crippen molar-refractivity contribution in [2.24, 2.45) is 5.92 Å². The van der Waals surface area contributed by atoms with Gasteiger partial charge in [-0.15, -0.1) is 11.3 Å². The lowest BCUT2D eigenvalue weighted by atomic mass is 9.88. The van der Waals surface area contributed by atoms with Crippen molar-refractivity contribution in [3.05, 3.63) is 33.5 Å². The molecule has 1 atom stereocenters. The number of hydrogen-bond donors (Lipinski definition) is 2. The highest BCUT2D eigenvalue weighted by atomic mass is 32.1. The van der Waals surface area contributed by atoms with Crippen LogP contribution in [0.4, 0.5) is 10.9 Å². The molecular formula is C18H22N4O2S2. The lowest BCUT2D eigenvalue weighted by molar-refractivity contribution is 0.0601. The highest BCUT2D eigenvalue weighted by molar-refractivity contribution is 7.80. The van der Waals surface area contributed by atoms with Crippen LogP contribution in [0.5, 0.6) is 0 Å². The standard InChI is InChI=1S/C18H22N4O2S2/c1-9-5-6-12-13(7-9)26-15(14(12)16(23)24-4)21-18(25)22-17-19-10(2)8-11(3)20-17/h8-9H,5-7H2,1-4H3,(H2,19,20,21,22,25)/t9-/m1/s1. The van der Waals surface area contributed by atoms with Crippen molar-refractivity contribution in [3.63, 3.8) is 0 Å². The van der Waals surface area contributed by atoms with Crippen molar-refractivity contribution < 1.29 is 9.53 Å². The summed E-state index contributed by atoms with van der Waals surface area (Å²) in [6, 6.07) is 1.89. The zero-order chi connectivity index (χ0) is 18.8. The number of rotatable bonds is 3. The second-order valence-corrected chi connectivity index (χ2v) is 8.11. The number of thiophene rings is 1. The monoisotopic (exact) mass is 390 g/mol. The third kappa shape index (κ3) is 4.02. The van der Waals surface area contributed by atoms with Crippen LogP contribution in [-0.2, 0) is 17.6 Å².